The van der Waals surface area contributed by atoms with E-state index in [9.17, 15) is 9.59 Å². The Morgan fingerprint density at radius 1 is 1.08 bits per heavy atom. The molecular weight excluding hydrogens is 304 g/mol. The van der Waals surface area contributed by atoms with Crippen LogP contribution in [0.25, 0.3) is 10.8 Å². The van der Waals surface area contributed by atoms with E-state index in [4.69, 9.17) is 5.11 Å². The largest absolute Gasteiger partial charge is 0.396 e. The van der Waals surface area contributed by atoms with Crippen LogP contribution in [-0.2, 0) is 6.42 Å². The number of nitrogens with one attached hydrogen (secondary N) is 2. The Morgan fingerprint density at radius 3 is 2.67 bits per heavy atom. The molecule has 24 heavy (non-hydrogen) atoms. The first-order valence-corrected chi connectivity index (χ1v) is 7.80. The molecule has 1 heterocycles. The second-order valence-electron chi connectivity index (χ2n) is 5.56. The number of hydrogen-bond donors (Lipinski definition) is 3. The zero-order valence-corrected chi connectivity index (χ0v) is 13.1. The van der Waals surface area contributed by atoms with E-state index in [1.54, 1.807) is 24.3 Å². The number of hydrogen-bond acceptors (Lipinski definition) is 3. The van der Waals surface area contributed by atoms with E-state index in [1.807, 2.05) is 24.3 Å². The summed E-state index contributed by atoms with van der Waals surface area (Å²) in [6.07, 6.45) is 2.87. The van der Waals surface area contributed by atoms with E-state index < -0.39 is 0 Å². The van der Waals surface area contributed by atoms with Crippen LogP contribution in [0.5, 0.6) is 0 Å². The molecule has 0 saturated heterocycles. The Labute approximate surface area is 139 Å². The maximum absolute atomic E-state index is 12.6. The number of aryl methyl sites for hydroxylation is 1. The third kappa shape index (κ3) is 3.36. The van der Waals surface area contributed by atoms with Crippen molar-refractivity contribution in [3.8, 4) is 0 Å². The van der Waals surface area contributed by atoms with E-state index >= 15 is 0 Å². The van der Waals surface area contributed by atoms with Crippen LogP contribution in [-0.4, -0.2) is 22.6 Å². The summed E-state index contributed by atoms with van der Waals surface area (Å²) in [6, 6.07) is 14.6. The van der Waals surface area contributed by atoms with Crippen molar-refractivity contribution in [3.63, 3.8) is 0 Å². The Balaban J connectivity index is 1.88. The molecule has 3 N–H and O–H groups in total. The van der Waals surface area contributed by atoms with Gasteiger partial charge >= 0.3 is 0 Å². The second-order valence-corrected chi connectivity index (χ2v) is 5.56. The average molecular weight is 322 g/mol. The molecule has 0 aliphatic heterocycles. The number of aromatic nitrogens is 1. The van der Waals surface area contributed by atoms with Crippen LogP contribution in [0.1, 0.15) is 22.3 Å². The summed E-state index contributed by atoms with van der Waals surface area (Å²) in [4.78, 5) is 27.0. The van der Waals surface area contributed by atoms with Crippen molar-refractivity contribution in [2.45, 2.75) is 12.8 Å². The summed E-state index contributed by atoms with van der Waals surface area (Å²) < 4.78 is 0. The van der Waals surface area contributed by atoms with Crippen molar-refractivity contribution in [1.82, 2.24) is 4.98 Å². The first-order chi connectivity index (χ1) is 11.7. The summed E-state index contributed by atoms with van der Waals surface area (Å²) in [5.41, 5.74) is 1.94. The highest BCUT2D eigenvalue weighted by Gasteiger charge is 2.12. The van der Waals surface area contributed by atoms with Crippen LogP contribution in [0.4, 0.5) is 5.69 Å². The molecule has 0 aliphatic rings. The number of aliphatic hydroxyl groups excluding tert-OH is 1. The fourth-order valence-corrected chi connectivity index (χ4v) is 2.68. The highest BCUT2D eigenvalue weighted by Crippen LogP contribution is 2.17. The molecule has 5 heteroatoms. The lowest BCUT2D eigenvalue weighted by Gasteiger charge is -2.09. The molecule has 0 radical (unpaired) electrons. The molecule has 5 nitrogen and oxygen atoms in total. The fourth-order valence-electron chi connectivity index (χ4n) is 2.68. The first-order valence-electron chi connectivity index (χ1n) is 7.80. The quantitative estimate of drug-likeness (QED) is 0.675. The zero-order valence-electron chi connectivity index (χ0n) is 13.1. The smallest absolute Gasteiger partial charge is 0.257 e. The van der Waals surface area contributed by atoms with E-state index in [0.717, 1.165) is 12.0 Å². The van der Waals surface area contributed by atoms with Gasteiger partial charge in [0, 0.05) is 29.3 Å². The van der Waals surface area contributed by atoms with Crippen molar-refractivity contribution < 1.29 is 9.90 Å². The number of aromatic amines is 1. The lowest BCUT2D eigenvalue weighted by Crippen LogP contribution is -2.16. The van der Waals surface area contributed by atoms with Crippen LogP contribution in [0, 0.1) is 0 Å². The number of fused-ring (bicyclic) bond motifs is 1. The minimum atomic E-state index is -0.276. The van der Waals surface area contributed by atoms with Crippen LogP contribution < -0.4 is 10.9 Å². The summed E-state index contributed by atoms with van der Waals surface area (Å²) in [7, 11) is 0. The number of rotatable bonds is 5. The van der Waals surface area contributed by atoms with Crippen LogP contribution in [0.3, 0.4) is 0 Å². The SMILES string of the molecule is O=C(Nc1cccc(CCCO)c1)c1c[nH]c(=O)c2ccccc12. The van der Waals surface area contributed by atoms with Gasteiger partial charge < -0.3 is 15.4 Å². The zero-order chi connectivity index (χ0) is 16.9. The molecule has 1 aromatic heterocycles. The van der Waals surface area contributed by atoms with Gasteiger partial charge in [-0.15, -0.1) is 0 Å². The topological polar surface area (TPSA) is 82.2 Å². The molecular formula is C19H18N2O3. The maximum Gasteiger partial charge on any atom is 0.257 e. The molecule has 0 saturated carbocycles. The molecule has 1 amide bonds. The highest BCUT2D eigenvalue weighted by molar-refractivity contribution is 6.12. The molecule has 0 atom stereocenters. The summed E-state index contributed by atoms with van der Waals surface area (Å²) >= 11 is 0. The number of anilines is 1. The number of aliphatic hydroxyl groups is 1. The maximum atomic E-state index is 12.6. The van der Waals surface area contributed by atoms with E-state index in [-0.39, 0.29) is 18.1 Å². The summed E-state index contributed by atoms with van der Waals surface area (Å²) in [5.74, 6) is -0.276. The van der Waals surface area contributed by atoms with E-state index in [2.05, 4.69) is 10.3 Å². The lowest BCUT2D eigenvalue weighted by atomic mass is 10.1. The van der Waals surface area contributed by atoms with Crippen LogP contribution in [0.2, 0.25) is 0 Å². The van der Waals surface area contributed by atoms with Gasteiger partial charge in [-0.05, 0) is 36.6 Å². The molecule has 3 aromatic rings. The molecule has 0 unspecified atom stereocenters. The van der Waals surface area contributed by atoms with Gasteiger partial charge in [-0.1, -0.05) is 30.3 Å². The van der Waals surface area contributed by atoms with E-state index in [0.29, 0.717) is 28.4 Å². The Bertz CT molecular complexity index is 931. The molecule has 2 aromatic carbocycles. The average Bonchev–Trinajstić information content (AvgIpc) is 2.61. The van der Waals surface area contributed by atoms with Crippen molar-refractivity contribution >= 4 is 22.4 Å². The third-order valence-electron chi connectivity index (χ3n) is 3.86. The number of amides is 1. The molecule has 0 bridgehead atoms. The van der Waals surface area contributed by atoms with Gasteiger partial charge in [0.25, 0.3) is 11.5 Å². The van der Waals surface area contributed by atoms with Crippen molar-refractivity contribution in [1.29, 1.82) is 0 Å². The first kappa shape index (κ1) is 16.0. The predicted molar refractivity (Wildman–Crippen MR) is 94.4 cm³/mol. The highest BCUT2D eigenvalue weighted by atomic mass is 16.3. The number of pyridine rings is 1. The van der Waals surface area contributed by atoms with Gasteiger partial charge in [0.15, 0.2) is 0 Å². The number of H-pyrrole nitrogens is 1. The fraction of sp³-hybridized carbons (Fsp3) is 0.158. The van der Waals surface area contributed by atoms with Gasteiger partial charge in [-0.25, -0.2) is 0 Å². The normalized spacial score (nSPS) is 10.7. The predicted octanol–water partition coefficient (Wildman–Crippen LogP) is 2.71. The summed E-state index contributed by atoms with van der Waals surface area (Å²) in [6.45, 7) is 0.139. The van der Waals surface area contributed by atoms with Gasteiger partial charge in [-0.2, -0.15) is 0 Å². The van der Waals surface area contributed by atoms with Crippen molar-refractivity contribution in [2.24, 2.45) is 0 Å². The molecule has 0 aliphatic carbocycles. The number of carbonyl (C=O) groups excluding carboxylic acids is 1. The minimum Gasteiger partial charge on any atom is -0.396 e. The van der Waals surface area contributed by atoms with Crippen LogP contribution >= 0.6 is 0 Å². The molecule has 0 spiro atoms. The monoisotopic (exact) mass is 322 g/mol. The Hall–Kier alpha value is -2.92. The standard InChI is InChI=1S/C19H18N2O3/c22-10-4-6-13-5-3-7-14(11-13)21-19(24)17-12-20-18(23)16-9-2-1-8-15(16)17/h1-3,5,7-9,11-12,22H,4,6,10H2,(H,20,23)(H,21,24). The number of carbonyl (C=O) groups is 1. The minimum absolute atomic E-state index is 0.139. The Kier molecular flexibility index (Phi) is 4.72. The lowest BCUT2D eigenvalue weighted by molar-refractivity contribution is 0.102. The molecule has 3 rings (SSSR count). The van der Waals surface area contributed by atoms with Gasteiger partial charge in [-0.3, -0.25) is 9.59 Å². The van der Waals surface area contributed by atoms with Gasteiger partial charge in [0.1, 0.15) is 0 Å². The van der Waals surface area contributed by atoms with Crippen LogP contribution in [0.15, 0.2) is 59.5 Å². The molecule has 0 fully saturated rings. The van der Waals surface area contributed by atoms with Crippen molar-refractivity contribution in [3.05, 3.63) is 76.2 Å². The van der Waals surface area contributed by atoms with E-state index in [1.165, 1.54) is 6.20 Å². The summed E-state index contributed by atoms with van der Waals surface area (Å²) in [5, 5.41) is 12.9. The Morgan fingerprint density at radius 2 is 1.88 bits per heavy atom. The second kappa shape index (κ2) is 7.10. The van der Waals surface area contributed by atoms with Crippen molar-refractivity contribution in [2.75, 3.05) is 11.9 Å². The van der Waals surface area contributed by atoms with Gasteiger partial charge in [0.05, 0.1) is 5.56 Å². The molecule has 122 valence electrons. The number of benzene rings is 2. The third-order valence-corrected chi connectivity index (χ3v) is 3.86. The van der Waals surface area contributed by atoms with Gasteiger partial charge in [0.2, 0.25) is 0 Å².